The maximum absolute atomic E-state index is 12.8. The second kappa shape index (κ2) is 9.02. The van der Waals surface area contributed by atoms with Crippen LogP contribution in [0.3, 0.4) is 0 Å². The molecule has 27 heavy (non-hydrogen) atoms. The van der Waals surface area contributed by atoms with Crippen LogP contribution in [0.25, 0.3) is 0 Å². The van der Waals surface area contributed by atoms with Crippen LogP contribution in [0.5, 0.6) is 0 Å². The van der Waals surface area contributed by atoms with Crippen molar-refractivity contribution in [3.63, 3.8) is 0 Å². The van der Waals surface area contributed by atoms with E-state index in [1.165, 1.54) is 0 Å². The average molecular weight is 371 g/mol. The van der Waals surface area contributed by atoms with Crippen LogP contribution in [-0.4, -0.2) is 53.2 Å². The van der Waals surface area contributed by atoms with Crippen molar-refractivity contribution in [2.75, 3.05) is 19.6 Å². The van der Waals surface area contributed by atoms with Crippen molar-refractivity contribution < 1.29 is 14.4 Å². The lowest BCUT2D eigenvalue weighted by molar-refractivity contribution is -0.128. The molecular formula is C21H29N3O3. The van der Waals surface area contributed by atoms with Gasteiger partial charge in [0, 0.05) is 50.6 Å². The topological polar surface area (TPSA) is 69.7 Å². The number of rotatable bonds is 6. The van der Waals surface area contributed by atoms with Crippen LogP contribution in [-0.2, 0) is 16.1 Å². The Hall–Kier alpha value is -2.37. The molecule has 3 amide bonds. The number of likely N-dealkylation sites (tertiary alicyclic amines) is 2. The van der Waals surface area contributed by atoms with Crippen LogP contribution >= 0.6 is 0 Å². The van der Waals surface area contributed by atoms with E-state index in [0.717, 1.165) is 44.3 Å². The van der Waals surface area contributed by atoms with Crippen molar-refractivity contribution in [2.24, 2.45) is 0 Å². The Bertz CT molecular complexity index is 686. The van der Waals surface area contributed by atoms with Gasteiger partial charge < -0.3 is 15.1 Å². The van der Waals surface area contributed by atoms with E-state index in [0.29, 0.717) is 31.5 Å². The van der Waals surface area contributed by atoms with Gasteiger partial charge in [-0.15, -0.1) is 0 Å². The van der Waals surface area contributed by atoms with E-state index in [9.17, 15) is 14.4 Å². The number of nitrogens with zero attached hydrogens (tertiary/aromatic N) is 2. The van der Waals surface area contributed by atoms with Gasteiger partial charge >= 0.3 is 0 Å². The zero-order chi connectivity index (χ0) is 19.2. The summed E-state index contributed by atoms with van der Waals surface area (Å²) in [5, 5.41) is 3.04. The summed E-state index contributed by atoms with van der Waals surface area (Å²) in [5.74, 6) is 0.283. The molecule has 1 unspecified atom stereocenters. The Morgan fingerprint density at radius 3 is 2.59 bits per heavy atom. The highest BCUT2D eigenvalue weighted by atomic mass is 16.2. The van der Waals surface area contributed by atoms with Gasteiger partial charge in [-0.05, 0) is 43.4 Å². The number of nitrogens with one attached hydrogen (secondary N) is 1. The molecule has 2 aliphatic heterocycles. The minimum Gasteiger partial charge on any atom is -0.352 e. The summed E-state index contributed by atoms with van der Waals surface area (Å²) in [6.07, 6.45) is 4.75. The number of carbonyl (C=O) groups excluding carboxylic acids is 3. The Morgan fingerprint density at radius 2 is 1.93 bits per heavy atom. The van der Waals surface area contributed by atoms with Crippen molar-refractivity contribution in [1.29, 1.82) is 0 Å². The Balaban J connectivity index is 1.56. The summed E-state index contributed by atoms with van der Waals surface area (Å²) in [7, 11) is 0. The fourth-order valence-electron chi connectivity index (χ4n) is 3.83. The lowest BCUT2D eigenvalue weighted by Gasteiger charge is -2.33. The second-order valence-corrected chi connectivity index (χ2v) is 7.52. The van der Waals surface area contributed by atoms with Gasteiger partial charge in [0.2, 0.25) is 11.8 Å². The molecule has 1 aromatic rings. The molecule has 0 aliphatic carbocycles. The molecule has 6 nitrogen and oxygen atoms in total. The minimum absolute atomic E-state index is 0.00763. The van der Waals surface area contributed by atoms with Crippen LogP contribution in [0, 0.1) is 0 Å². The van der Waals surface area contributed by atoms with E-state index in [4.69, 9.17) is 0 Å². The summed E-state index contributed by atoms with van der Waals surface area (Å²) in [4.78, 5) is 40.1. The molecule has 6 heteroatoms. The number of carbonyl (C=O) groups is 3. The second-order valence-electron chi connectivity index (χ2n) is 7.52. The number of hydrogen-bond donors (Lipinski definition) is 1. The highest BCUT2D eigenvalue weighted by Crippen LogP contribution is 2.17. The molecule has 2 aliphatic rings. The number of amides is 3. The highest BCUT2D eigenvalue weighted by Gasteiger charge is 2.25. The zero-order valence-corrected chi connectivity index (χ0v) is 16.1. The van der Waals surface area contributed by atoms with Gasteiger partial charge in [0.05, 0.1) is 0 Å². The monoisotopic (exact) mass is 371 g/mol. The van der Waals surface area contributed by atoms with E-state index < -0.39 is 0 Å². The molecule has 2 fully saturated rings. The van der Waals surface area contributed by atoms with Crippen LogP contribution in [0.4, 0.5) is 0 Å². The van der Waals surface area contributed by atoms with Gasteiger partial charge in [0.1, 0.15) is 0 Å². The molecule has 1 N–H and O–H groups in total. The number of benzene rings is 1. The van der Waals surface area contributed by atoms with E-state index in [1.54, 1.807) is 0 Å². The SMILES string of the molecule is CCCC(=O)NC1CCCN(C(=O)c2ccc(CN3CCCC3=O)cc2)C1. The largest absolute Gasteiger partial charge is 0.352 e. The van der Waals surface area contributed by atoms with Gasteiger partial charge in [-0.3, -0.25) is 14.4 Å². The smallest absolute Gasteiger partial charge is 0.253 e. The molecule has 1 aromatic carbocycles. The normalized spacial score (nSPS) is 20.0. The van der Waals surface area contributed by atoms with Gasteiger partial charge in [-0.25, -0.2) is 0 Å². The standard InChI is InChI=1S/C21H29N3O3/c1-2-5-19(25)22-18-6-3-13-24(15-18)21(27)17-10-8-16(9-11-17)14-23-12-4-7-20(23)26/h8-11,18H,2-7,12-15H2,1H3,(H,22,25). The summed E-state index contributed by atoms with van der Waals surface area (Å²) in [5.41, 5.74) is 1.71. The van der Waals surface area contributed by atoms with Crippen molar-refractivity contribution in [2.45, 2.75) is 58.0 Å². The van der Waals surface area contributed by atoms with Crippen molar-refractivity contribution in [3.8, 4) is 0 Å². The molecule has 2 saturated heterocycles. The Morgan fingerprint density at radius 1 is 1.15 bits per heavy atom. The lowest BCUT2D eigenvalue weighted by atomic mass is 10.0. The molecule has 0 radical (unpaired) electrons. The van der Waals surface area contributed by atoms with Crippen LogP contribution in [0.2, 0.25) is 0 Å². The first kappa shape index (κ1) is 19.4. The van der Waals surface area contributed by atoms with Crippen LogP contribution < -0.4 is 5.32 Å². The van der Waals surface area contributed by atoms with Crippen molar-refractivity contribution in [3.05, 3.63) is 35.4 Å². The molecule has 0 aromatic heterocycles. The summed E-state index contributed by atoms with van der Waals surface area (Å²) in [6, 6.07) is 7.60. The maximum Gasteiger partial charge on any atom is 0.253 e. The predicted molar refractivity (Wildman–Crippen MR) is 103 cm³/mol. The maximum atomic E-state index is 12.8. The van der Waals surface area contributed by atoms with E-state index in [-0.39, 0.29) is 23.8 Å². The highest BCUT2D eigenvalue weighted by molar-refractivity contribution is 5.94. The van der Waals surface area contributed by atoms with Gasteiger partial charge in [0.15, 0.2) is 0 Å². The molecule has 146 valence electrons. The zero-order valence-electron chi connectivity index (χ0n) is 16.1. The van der Waals surface area contributed by atoms with Crippen molar-refractivity contribution in [1.82, 2.24) is 15.1 Å². The minimum atomic E-state index is 0.00763. The Kier molecular flexibility index (Phi) is 6.48. The van der Waals surface area contributed by atoms with Gasteiger partial charge in [-0.2, -0.15) is 0 Å². The quantitative estimate of drug-likeness (QED) is 0.834. The first-order valence-corrected chi connectivity index (χ1v) is 10.0. The van der Waals surface area contributed by atoms with Gasteiger partial charge in [-0.1, -0.05) is 19.1 Å². The van der Waals surface area contributed by atoms with Crippen LogP contribution in [0.1, 0.15) is 61.4 Å². The number of hydrogen-bond acceptors (Lipinski definition) is 3. The van der Waals surface area contributed by atoms with E-state index >= 15 is 0 Å². The average Bonchev–Trinajstić information content (AvgIpc) is 3.07. The molecule has 0 bridgehead atoms. The molecule has 1 atom stereocenters. The van der Waals surface area contributed by atoms with Gasteiger partial charge in [0.25, 0.3) is 5.91 Å². The third kappa shape index (κ3) is 5.08. The third-order valence-corrected chi connectivity index (χ3v) is 5.30. The summed E-state index contributed by atoms with van der Waals surface area (Å²) < 4.78 is 0. The molecule has 3 rings (SSSR count). The molecule has 2 heterocycles. The molecular weight excluding hydrogens is 342 g/mol. The molecule has 0 saturated carbocycles. The fourth-order valence-corrected chi connectivity index (χ4v) is 3.83. The van der Waals surface area contributed by atoms with E-state index in [1.807, 2.05) is 41.0 Å². The van der Waals surface area contributed by atoms with Crippen LogP contribution in [0.15, 0.2) is 24.3 Å². The summed E-state index contributed by atoms with van der Waals surface area (Å²) in [6.45, 7) is 4.71. The lowest BCUT2D eigenvalue weighted by Crippen LogP contribution is -2.49. The fraction of sp³-hybridized carbons (Fsp3) is 0.571. The predicted octanol–water partition coefficient (Wildman–Crippen LogP) is 2.33. The van der Waals surface area contributed by atoms with E-state index in [2.05, 4.69) is 5.32 Å². The third-order valence-electron chi connectivity index (χ3n) is 5.30. The first-order valence-electron chi connectivity index (χ1n) is 10.0. The van der Waals surface area contributed by atoms with Crippen molar-refractivity contribution >= 4 is 17.7 Å². The molecule has 0 spiro atoms. The summed E-state index contributed by atoms with van der Waals surface area (Å²) >= 11 is 0. The Labute approximate surface area is 160 Å². The number of piperidine rings is 1. The first-order chi connectivity index (χ1) is 13.1.